The summed E-state index contributed by atoms with van der Waals surface area (Å²) in [7, 11) is 0. The van der Waals surface area contributed by atoms with Crippen LogP contribution in [0.25, 0.3) is 0 Å². The number of urea groups is 1. The maximum absolute atomic E-state index is 10.6. The average molecular weight is 247 g/mol. The molecule has 0 spiro atoms. The van der Waals surface area contributed by atoms with Crippen LogP contribution in [0.1, 0.15) is 38.3 Å². The Morgan fingerprint density at radius 2 is 1.89 bits per heavy atom. The summed E-state index contributed by atoms with van der Waals surface area (Å²) < 4.78 is 0. The third-order valence-corrected chi connectivity index (χ3v) is 2.89. The number of hydrazone groups is 1. The van der Waals surface area contributed by atoms with Crippen LogP contribution >= 0.6 is 0 Å². The van der Waals surface area contributed by atoms with Crippen molar-refractivity contribution in [3.8, 4) is 0 Å². The zero-order valence-electron chi connectivity index (χ0n) is 11.4. The molecular formula is C14H21N3O. The summed E-state index contributed by atoms with van der Waals surface area (Å²) in [5.74, 6) is 0. The Morgan fingerprint density at radius 3 is 2.39 bits per heavy atom. The molecule has 0 aliphatic carbocycles. The van der Waals surface area contributed by atoms with Gasteiger partial charge in [0.15, 0.2) is 0 Å². The van der Waals surface area contributed by atoms with Crippen LogP contribution in [0.5, 0.6) is 0 Å². The van der Waals surface area contributed by atoms with Gasteiger partial charge in [0.05, 0.1) is 0 Å². The van der Waals surface area contributed by atoms with E-state index in [9.17, 15) is 4.79 Å². The number of nitrogens with two attached hydrogens (primary N) is 1. The molecule has 98 valence electrons. The average Bonchev–Trinajstić information content (AvgIpc) is 2.26. The van der Waals surface area contributed by atoms with Gasteiger partial charge < -0.3 is 5.73 Å². The van der Waals surface area contributed by atoms with Crippen LogP contribution in [0.4, 0.5) is 4.79 Å². The smallest absolute Gasteiger partial charge is 0.332 e. The highest BCUT2D eigenvalue weighted by atomic mass is 16.2. The summed E-state index contributed by atoms with van der Waals surface area (Å²) >= 11 is 0. The van der Waals surface area contributed by atoms with Crippen molar-refractivity contribution in [3.05, 3.63) is 35.4 Å². The molecule has 4 heteroatoms. The first-order chi connectivity index (χ1) is 8.31. The Morgan fingerprint density at radius 1 is 1.33 bits per heavy atom. The SMILES string of the molecule is C/C(CC(C)(C)c1ccc(C)cc1)=N/NC(N)=O. The molecule has 0 radical (unpaired) electrons. The Bertz CT molecular complexity index is 447. The predicted molar refractivity (Wildman–Crippen MR) is 74.7 cm³/mol. The van der Waals surface area contributed by atoms with Crippen LogP contribution in [0.15, 0.2) is 29.4 Å². The molecule has 2 amide bonds. The number of benzene rings is 1. The van der Waals surface area contributed by atoms with E-state index in [0.29, 0.717) is 0 Å². The number of aryl methyl sites for hydroxylation is 1. The number of carbonyl (C=O) groups excluding carboxylic acids is 1. The third-order valence-electron chi connectivity index (χ3n) is 2.89. The largest absolute Gasteiger partial charge is 0.350 e. The molecule has 1 rings (SSSR count). The first-order valence-electron chi connectivity index (χ1n) is 5.97. The minimum atomic E-state index is -0.637. The molecule has 1 aromatic carbocycles. The summed E-state index contributed by atoms with van der Waals surface area (Å²) in [5.41, 5.74) is 10.5. The van der Waals surface area contributed by atoms with Crippen LogP contribution in [0.3, 0.4) is 0 Å². The van der Waals surface area contributed by atoms with Crippen molar-refractivity contribution in [2.75, 3.05) is 0 Å². The number of primary amides is 1. The number of hydrogen-bond donors (Lipinski definition) is 2. The van der Waals surface area contributed by atoms with Gasteiger partial charge in [-0.25, -0.2) is 10.2 Å². The number of hydrogen-bond acceptors (Lipinski definition) is 2. The zero-order valence-corrected chi connectivity index (χ0v) is 11.4. The molecular weight excluding hydrogens is 226 g/mol. The molecule has 0 fully saturated rings. The van der Waals surface area contributed by atoms with Crippen LogP contribution in [-0.4, -0.2) is 11.7 Å². The van der Waals surface area contributed by atoms with Gasteiger partial charge in [-0.05, 0) is 31.2 Å². The van der Waals surface area contributed by atoms with E-state index in [-0.39, 0.29) is 5.41 Å². The Kier molecular flexibility index (Phi) is 4.48. The normalized spacial score (nSPS) is 12.3. The second kappa shape index (κ2) is 5.67. The molecule has 0 atom stereocenters. The van der Waals surface area contributed by atoms with E-state index in [0.717, 1.165) is 12.1 Å². The van der Waals surface area contributed by atoms with E-state index in [2.05, 4.69) is 55.6 Å². The van der Waals surface area contributed by atoms with Crippen LogP contribution in [0, 0.1) is 6.92 Å². The van der Waals surface area contributed by atoms with E-state index >= 15 is 0 Å². The Balaban J connectivity index is 2.78. The van der Waals surface area contributed by atoms with Gasteiger partial charge in [-0.15, -0.1) is 0 Å². The minimum absolute atomic E-state index is 0.0272. The molecule has 0 aliphatic rings. The van der Waals surface area contributed by atoms with Gasteiger partial charge in [0.1, 0.15) is 0 Å². The molecule has 0 unspecified atom stereocenters. The van der Waals surface area contributed by atoms with E-state index < -0.39 is 6.03 Å². The summed E-state index contributed by atoms with van der Waals surface area (Å²) in [6, 6.07) is 7.83. The Labute approximate surface area is 108 Å². The number of nitrogens with zero attached hydrogens (tertiary/aromatic N) is 1. The van der Waals surface area contributed by atoms with Crippen molar-refractivity contribution in [1.82, 2.24) is 5.43 Å². The highest BCUT2D eigenvalue weighted by molar-refractivity contribution is 5.84. The maximum Gasteiger partial charge on any atom is 0.332 e. The number of rotatable bonds is 4. The lowest BCUT2D eigenvalue weighted by atomic mass is 9.80. The highest BCUT2D eigenvalue weighted by Crippen LogP contribution is 2.27. The van der Waals surface area contributed by atoms with E-state index in [4.69, 9.17) is 5.73 Å². The van der Waals surface area contributed by atoms with Gasteiger partial charge >= 0.3 is 6.03 Å². The molecule has 0 saturated heterocycles. The number of nitrogens with one attached hydrogen (secondary N) is 1. The first-order valence-corrected chi connectivity index (χ1v) is 5.97. The summed E-state index contributed by atoms with van der Waals surface area (Å²) in [4.78, 5) is 10.6. The van der Waals surface area contributed by atoms with Crippen LogP contribution < -0.4 is 11.2 Å². The Hall–Kier alpha value is -1.84. The number of carbonyl (C=O) groups is 1. The third kappa shape index (κ3) is 4.20. The number of amides is 2. The van der Waals surface area contributed by atoms with E-state index in [1.54, 1.807) is 0 Å². The molecule has 18 heavy (non-hydrogen) atoms. The van der Waals surface area contributed by atoms with E-state index in [1.807, 2.05) is 6.92 Å². The van der Waals surface area contributed by atoms with Crippen LogP contribution in [-0.2, 0) is 5.41 Å². The molecule has 0 bridgehead atoms. The zero-order chi connectivity index (χ0) is 13.8. The molecule has 0 aromatic heterocycles. The summed E-state index contributed by atoms with van der Waals surface area (Å²) in [5, 5.41) is 3.94. The fourth-order valence-corrected chi connectivity index (χ4v) is 1.94. The molecule has 0 aliphatic heterocycles. The van der Waals surface area contributed by atoms with Gasteiger partial charge in [-0.1, -0.05) is 43.7 Å². The van der Waals surface area contributed by atoms with Crippen molar-refractivity contribution >= 4 is 11.7 Å². The predicted octanol–water partition coefficient (Wildman–Crippen LogP) is 2.71. The van der Waals surface area contributed by atoms with Crippen LogP contribution in [0.2, 0.25) is 0 Å². The molecule has 4 nitrogen and oxygen atoms in total. The van der Waals surface area contributed by atoms with E-state index in [1.165, 1.54) is 11.1 Å². The van der Waals surface area contributed by atoms with Crippen molar-refractivity contribution in [2.45, 2.75) is 39.5 Å². The van der Waals surface area contributed by atoms with Crippen molar-refractivity contribution in [2.24, 2.45) is 10.8 Å². The van der Waals surface area contributed by atoms with Gasteiger partial charge in [0.2, 0.25) is 0 Å². The van der Waals surface area contributed by atoms with Gasteiger partial charge in [0, 0.05) is 5.71 Å². The topological polar surface area (TPSA) is 67.5 Å². The highest BCUT2D eigenvalue weighted by Gasteiger charge is 2.21. The van der Waals surface area contributed by atoms with Gasteiger partial charge in [-0.2, -0.15) is 5.10 Å². The lowest BCUT2D eigenvalue weighted by molar-refractivity contribution is 0.249. The standard InChI is InChI=1S/C14H21N3O/c1-10-5-7-12(8-6-10)14(3,4)9-11(2)16-17-13(15)18/h5-8H,9H2,1-4H3,(H3,15,17,18)/b16-11-. The summed E-state index contributed by atoms with van der Waals surface area (Å²) in [6.45, 7) is 8.26. The minimum Gasteiger partial charge on any atom is -0.350 e. The molecule has 0 heterocycles. The van der Waals surface area contributed by atoms with Crippen molar-refractivity contribution in [3.63, 3.8) is 0 Å². The van der Waals surface area contributed by atoms with Gasteiger partial charge in [0.25, 0.3) is 0 Å². The molecule has 3 N–H and O–H groups in total. The first kappa shape index (κ1) is 14.2. The lowest BCUT2D eigenvalue weighted by Gasteiger charge is -2.25. The molecule has 1 aromatic rings. The van der Waals surface area contributed by atoms with Crippen molar-refractivity contribution < 1.29 is 4.79 Å². The maximum atomic E-state index is 10.6. The molecule has 0 saturated carbocycles. The second-order valence-corrected chi connectivity index (χ2v) is 5.25. The fourth-order valence-electron chi connectivity index (χ4n) is 1.94. The fraction of sp³-hybridized carbons (Fsp3) is 0.429. The summed E-state index contributed by atoms with van der Waals surface area (Å²) in [6.07, 6.45) is 0.760. The lowest BCUT2D eigenvalue weighted by Crippen LogP contribution is -2.27. The quantitative estimate of drug-likeness (QED) is 0.623. The second-order valence-electron chi connectivity index (χ2n) is 5.25. The van der Waals surface area contributed by atoms with Gasteiger partial charge in [-0.3, -0.25) is 0 Å². The monoisotopic (exact) mass is 247 g/mol. The van der Waals surface area contributed by atoms with Crippen molar-refractivity contribution in [1.29, 1.82) is 0 Å².